The van der Waals surface area contributed by atoms with Crippen molar-refractivity contribution >= 4 is 14.3 Å². The molecule has 0 aliphatic rings. The van der Waals surface area contributed by atoms with Gasteiger partial charge in [-0.2, -0.15) is 0 Å². The first-order chi connectivity index (χ1) is 15.0. The van der Waals surface area contributed by atoms with Gasteiger partial charge in [0.25, 0.3) is 0 Å². The Kier molecular flexibility index (Phi) is 16.2. The molecule has 0 heterocycles. The van der Waals surface area contributed by atoms with Gasteiger partial charge in [-0.3, -0.25) is 0 Å². The molecule has 0 rings (SSSR count). The molecule has 0 saturated carbocycles. The van der Waals surface area contributed by atoms with Crippen molar-refractivity contribution in [2.45, 2.75) is 135 Å². The van der Waals surface area contributed by atoms with Gasteiger partial charge >= 0.3 is 5.97 Å². The zero-order chi connectivity index (χ0) is 24.6. The van der Waals surface area contributed by atoms with Gasteiger partial charge in [-0.1, -0.05) is 85.3 Å². The van der Waals surface area contributed by atoms with E-state index in [4.69, 9.17) is 13.9 Å². The molecule has 4 nitrogen and oxygen atoms in total. The highest BCUT2D eigenvalue weighted by atomic mass is 28.4. The first-order valence-electron chi connectivity index (χ1n) is 12.6. The summed E-state index contributed by atoms with van der Waals surface area (Å²) in [5.41, 5.74) is 0. The van der Waals surface area contributed by atoms with Gasteiger partial charge in [0.2, 0.25) is 0 Å². The Morgan fingerprint density at radius 3 is 2.00 bits per heavy atom. The first kappa shape index (κ1) is 31.1. The smallest absolute Gasteiger partial charge is 0.330 e. The predicted molar refractivity (Wildman–Crippen MR) is 140 cm³/mol. The number of methoxy groups -OCH3 is 1. The standard InChI is InChI=1S/C27H52O4Si/c1-10-13-14-15-16-17-18-20-23(29-7)21-25(31-32(8,9)27(4,5)6)22-24(19-11-2)30-26(28)12-3/h11-12,23-25H,2-3,10,13-22H2,1,4-9H3/t23-,24+,25+/m1/s1. The third-order valence-corrected chi connectivity index (χ3v) is 11.2. The lowest BCUT2D eigenvalue weighted by Crippen LogP contribution is -2.45. The van der Waals surface area contributed by atoms with Gasteiger partial charge in [-0.05, 0) is 31.0 Å². The summed E-state index contributed by atoms with van der Waals surface area (Å²) in [7, 11) is -0.185. The van der Waals surface area contributed by atoms with Gasteiger partial charge in [0.05, 0.1) is 12.2 Å². The Hall–Kier alpha value is -0.913. The van der Waals surface area contributed by atoms with Crippen molar-refractivity contribution in [3.05, 3.63) is 25.3 Å². The van der Waals surface area contributed by atoms with Crippen LogP contribution < -0.4 is 0 Å². The summed E-state index contributed by atoms with van der Waals surface area (Å²) in [4.78, 5) is 11.8. The topological polar surface area (TPSA) is 44.8 Å². The Labute approximate surface area is 200 Å². The summed E-state index contributed by atoms with van der Waals surface area (Å²) in [5.74, 6) is -0.394. The highest BCUT2D eigenvalue weighted by Gasteiger charge is 2.40. The lowest BCUT2D eigenvalue weighted by Gasteiger charge is -2.40. The number of ether oxygens (including phenoxy) is 2. The lowest BCUT2D eigenvalue weighted by atomic mass is 9.99. The second-order valence-corrected chi connectivity index (χ2v) is 15.3. The van der Waals surface area contributed by atoms with E-state index in [0.717, 1.165) is 12.8 Å². The number of unbranched alkanes of at least 4 members (excludes halogenated alkanes) is 6. The molecule has 0 saturated heterocycles. The quantitative estimate of drug-likeness (QED) is 0.0633. The van der Waals surface area contributed by atoms with Crippen LogP contribution >= 0.6 is 0 Å². The molecule has 0 fully saturated rings. The number of hydrogen-bond donors (Lipinski definition) is 0. The minimum absolute atomic E-state index is 0.0204. The molecule has 0 aliphatic heterocycles. The van der Waals surface area contributed by atoms with Crippen molar-refractivity contribution in [3.8, 4) is 0 Å². The van der Waals surface area contributed by atoms with Crippen LogP contribution in [0.3, 0.4) is 0 Å². The Bertz CT molecular complexity index is 524. The number of hydrogen-bond acceptors (Lipinski definition) is 4. The molecule has 0 radical (unpaired) electrons. The number of rotatable bonds is 19. The van der Waals surface area contributed by atoms with Crippen LogP contribution in [-0.4, -0.2) is 39.7 Å². The third-order valence-electron chi connectivity index (χ3n) is 6.66. The van der Waals surface area contributed by atoms with Crippen molar-refractivity contribution in [2.24, 2.45) is 0 Å². The van der Waals surface area contributed by atoms with E-state index in [9.17, 15) is 4.79 Å². The van der Waals surface area contributed by atoms with Gasteiger partial charge in [-0.25, -0.2) is 4.79 Å². The zero-order valence-electron chi connectivity index (χ0n) is 22.2. The molecule has 5 heteroatoms. The maximum atomic E-state index is 11.8. The molecule has 0 aromatic carbocycles. The molecule has 32 heavy (non-hydrogen) atoms. The first-order valence-corrected chi connectivity index (χ1v) is 15.6. The molecule has 0 aromatic heterocycles. The van der Waals surface area contributed by atoms with Crippen molar-refractivity contribution in [2.75, 3.05) is 7.11 Å². The van der Waals surface area contributed by atoms with Gasteiger partial charge in [0, 0.05) is 26.0 Å². The SMILES string of the molecule is C=CC[C@@H](C[C@H](C[C@@H](CCCCCCCCC)OC)O[Si](C)(C)C(C)(C)C)OC(=O)C=C. The number of carbonyl (C=O) groups excluding carboxylic acids is 1. The van der Waals surface area contributed by atoms with E-state index in [1.807, 2.05) is 0 Å². The Balaban J connectivity index is 5.11. The highest BCUT2D eigenvalue weighted by Crippen LogP contribution is 2.38. The van der Waals surface area contributed by atoms with Crippen LogP contribution in [0.4, 0.5) is 0 Å². The largest absolute Gasteiger partial charge is 0.459 e. The zero-order valence-corrected chi connectivity index (χ0v) is 23.2. The molecule has 3 atom stereocenters. The third kappa shape index (κ3) is 13.6. The molecule has 0 bridgehead atoms. The van der Waals surface area contributed by atoms with Gasteiger partial charge in [-0.15, -0.1) is 6.58 Å². The van der Waals surface area contributed by atoms with Crippen LogP contribution in [0.1, 0.15) is 98.3 Å². The van der Waals surface area contributed by atoms with Gasteiger partial charge < -0.3 is 13.9 Å². The second-order valence-electron chi connectivity index (χ2n) is 10.5. The van der Waals surface area contributed by atoms with E-state index in [1.165, 1.54) is 51.0 Å². The summed E-state index contributed by atoms with van der Waals surface area (Å²) in [6, 6.07) is 0. The molecule has 0 aromatic rings. The van der Waals surface area contributed by atoms with Crippen LogP contribution in [0.2, 0.25) is 18.1 Å². The summed E-state index contributed by atoms with van der Waals surface area (Å²) in [6.07, 6.45) is 15.1. The average molecular weight is 469 g/mol. The summed E-state index contributed by atoms with van der Waals surface area (Å²) < 4.78 is 18.3. The van der Waals surface area contributed by atoms with Crippen LogP contribution in [0, 0.1) is 0 Å². The van der Waals surface area contributed by atoms with Crippen LogP contribution in [0.15, 0.2) is 25.3 Å². The molecule has 188 valence electrons. The van der Waals surface area contributed by atoms with E-state index < -0.39 is 14.3 Å². The van der Waals surface area contributed by atoms with E-state index in [0.29, 0.717) is 12.8 Å². The number of esters is 1. The summed E-state index contributed by atoms with van der Waals surface area (Å²) in [5, 5.41) is 0.109. The fourth-order valence-electron chi connectivity index (χ4n) is 3.62. The number of carbonyl (C=O) groups is 1. The molecular weight excluding hydrogens is 416 g/mol. The lowest BCUT2D eigenvalue weighted by molar-refractivity contribution is -0.144. The fraction of sp³-hybridized carbons (Fsp3) is 0.815. The minimum Gasteiger partial charge on any atom is -0.459 e. The van der Waals surface area contributed by atoms with Crippen LogP contribution in [0.5, 0.6) is 0 Å². The molecule has 0 N–H and O–H groups in total. The van der Waals surface area contributed by atoms with Crippen molar-refractivity contribution < 1.29 is 18.7 Å². The Morgan fingerprint density at radius 1 is 0.938 bits per heavy atom. The summed E-state index contributed by atoms with van der Waals surface area (Å²) >= 11 is 0. The maximum absolute atomic E-state index is 11.8. The Morgan fingerprint density at radius 2 is 1.50 bits per heavy atom. The van der Waals surface area contributed by atoms with E-state index in [2.05, 4.69) is 53.9 Å². The fourth-order valence-corrected chi connectivity index (χ4v) is 5.00. The second kappa shape index (κ2) is 16.7. The van der Waals surface area contributed by atoms with Crippen molar-refractivity contribution in [3.63, 3.8) is 0 Å². The monoisotopic (exact) mass is 468 g/mol. The molecule has 0 aliphatic carbocycles. The molecule has 0 amide bonds. The van der Waals surface area contributed by atoms with Crippen molar-refractivity contribution in [1.82, 2.24) is 0 Å². The van der Waals surface area contributed by atoms with Gasteiger partial charge in [0.15, 0.2) is 8.32 Å². The highest BCUT2D eigenvalue weighted by molar-refractivity contribution is 6.74. The van der Waals surface area contributed by atoms with Gasteiger partial charge in [0.1, 0.15) is 6.10 Å². The molecule has 0 unspecified atom stereocenters. The van der Waals surface area contributed by atoms with E-state index in [-0.39, 0.29) is 23.4 Å². The molecular formula is C27H52O4Si. The van der Waals surface area contributed by atoms with E-state index in [1.54, 1.807) is 13.2 Å². The van der Waals surface area contributed by atoms with Crippen LogP contribution in [0.25, 0.3) is 0 Å². The predicted octanol–water partition coefficient (Wildman–Crippen LogP) is 7.99. The van der Waals surface area contributed by atoms with E-state index >= 15 is 0 Å². The summed E-state index contributed by atoms with van der Waals surface area (Å²) in [6.45, 7) is 20.9. The average Bonchev–Trinajstić information content (AvgIpc) is 2.70. The maximum Gasteiger partial charge on any atom is 0.330 e. The van der Waals surface area contributed by atoms with Crippen LogP contribution in [-0.2, 0) is 18.7 Å². The normalized spacial score (nSPS) is 15.1. The minimum atomic E-state index is -1.98. The van der Waals surface area contributed by atoms with Crippen molar-refractivity contribution in [1.29, 1.82) is 0 Å². The molecule has 0 spiro atoms.